The summed E-state index contributed by atoms with van der Waals surface area (Å²) in [5.74, 6) is 0. The Balaban J connectivity index is 2.43. The summed E-state index contributed by atoms with van der Waals surface area (Å²) < 4.78 is 0. The number of likely N-dealkylation sites (N-methyl/N-ethyl adjacent to an activating group) is 2. The van der Waals surface area contributed by atoms with E-state index in [2.05, 4.69) is 12.1 Å². The van der Waals surface area contributed by atoms with Gasteiger partial charge in [-0.1, -0.05) is 18.2 Å². The van der Waals surface area contributed by atoms with Gasteiger partial charge in [0.1, 0.15) is 6.17 Å². The van der Waals surface area contributed by atoms with Crippen molar-refractivity contribution in [3.63, 3.8) is 0 Å². The zero-order chi connectivity index (χ0) is 10.1. The van der Waals surface area contributed by atoms with E-state index in [4.69, 9.17) is 0 Å². The van der Waals surface area contributed by atoms with Crippen molar-refractivity contribution in [3.8, 4) is 0 Å². The molecule has 1 aliphatic heterocycles. The molecule has 14 heavy (non-hydrogen) atoms. The first kappa shape index (κ1) is 9.21. The first-order valence-electron chi connectivity index (χ1n) is 4.70. The van der Waals surface area contributed by atoms with Gasteiger partial charge in [-0.05, 0) is 18.7 Å². The number of benzene rings is 1. The fourth-order valence-electron chi connectivity index (χ4n) is 1.98. The van der Waals surface area contributed by atoms with E-state index in [0.717, 1.165) is 18.5 Å². The zero-order valence-corrected chi connectivity index (χ0v) is 8.47. The van der Waals surface area contributed by atoms with Crippen LogP contribution in [0, 0.1) is 0 Å². The molecule has 0 saturated carbocycles. The highest BCUT2D eigenvalue weighted by Crippen LogP contribution is 2.27. The summed E-state index contributed by atoms with van der Waals surface area (Å²) in [6.07, 6.45) is 0.848. The number of carbonyl (C=O) groups excluding carboxylic acids is 1. The topological polar surface area (TPSA) is 23.6 Å². The third-order valence-electron chi connectivity index (χ3n) is 2.76. The maximum absolute atomic E-state index is 10.9. The number of aldehydes is 1. The van der Waals surface area contributed by atoms with Crippen LogP contribution in [-0.2, 0) is 11.3 Å². The highest BCUT2D eigenvalue weighted by molar-refractivity contribution is 5.68. The molecule has 1 aromatic carbocycles. The molecule has 1 aliphatic rings. The molecular weight excluding hydrogens is 176 g/mol. The molecule has 0 radical (unpaired) electrons. The fraction of sp³-hybridized carbons (Fsp3) is 0.364. The predicted molar refractivity (Wildman–Crippen MR) is 56.2 cm³/mol. The Hall–Kier alpha value is -1.35. The van der Waals surface area contributed by atoms with Gasteiger partial charge in [-0.15, -0.1) is 0 Å². The van der Waals surface area contributed by atoms with Gasteiger partial charge in [-0.2, -0.15) is 0 Å². The standard InChI is InChI=1S/C11H14N2O/c1-12-7-9-5-3-4-6-10(9)13(2)11(12)8-14/h3-6,8,11H,7H2,1-2H3. The lowest BCUT2D eigenvalue weighted by atomic mass is 10.1. The summed E-state index contributed by atoms with van der Waals surface area (Å²) in [6, 6.07) is 8.19. The number of anilines is 1. The van der Waals surface area contributed by atoms with Crippen molar-refractivity contribution in [3.05, 3.63) is 29.8 Å². The van der Waals surface area contributed by atoms with Crippen LogP contribution in [0.2, 0.25) is 0 Å². The number of hydrogen-bond acceptors (Lipinski definition) is 3. The average molecular weight is 190 g/mol. The molecule has 0 bridgehead atoms. The second kappa shape index (κ2) is 3.42. The number of rotatable bonds is 1. The summed E-state index contributed by atoms with van der Waals surface area (Å²) >= 11 is 0. The summed E-state index contributed by atoms with van der Waals surface area (Å²) in [7, 11) is 3.92. The van der Waals surface area contributed by atoms with Gasteiger partial charge >= 0.3 is 0 Å². The highest BCUT2D eigenvalue weighted by Gasteiger charge is 2.26. The van der Waals surface area contributed by atoms with Gasteiger partial charge in [-0.3, -0.25) is 9.69 Å². The van der Waals surface area contributed by atoms with Gasteiger partial charge in [0.25, 0.3) is 0 Å². The quantitative estimate of drug-likeness (QED) is 0.619. The highest BCUT2D eigenvalue weighted by atomic mass is 16.1. The third-order valence-corrected chi connectivity index (χ3v) is 2.76. The van der Waals surface area contributed by atoms with Crippen molar-refractivity contribution >= 4 is 12.0 Å². The fourth-order valence-corrected chi connectivity index (χ4v) is 1.98. The Morgan fingerprint density at radius 2 is 2.07 bits per heavy atom. The first-order valence-corrected chi connectivity index (χ1v) is 4.70. The Kier molecular flexibility index (Phi) is 2.25. The summed E-state index contributed by atoms with van der Waals surface area (Å²) in [4.78, 5) is 15.0. The van der Waals surface area contributed by atoms with Crippen LogP contribution >= 0.6 is 0 Å². The second-order valence-electron chi connectivity index (χ2n) is 3.70. The Morgan fingerprint density at radius 1 is 1.36 bits per heavy atom. The van der Waals surface area contributed by atoms with E-state index < -0.39 is 0 Å². The van der Waals surface area contributed by atoms with Crippen LogP contribution in [0.4, 0.5) is 5.69 Å². The summed E-state index contributed by atoms with van der Waals surface area (Å²) in [5, 5.41) is 0. The lowest BCUT2D eigenvalue weighted by Gasteiger charge is -2.39. The van der Waals surface area contributed by atoms with Crippen molar-refractivity contribution in [2.24, 2.45) is 0 Å². The smallest absolute Gasteiger partial charge is 0.157 e. The van der Waals surface area contributed by atoms with Crippen LogP contribution < -0.4 is 4.90 Å². The second-order valence-corrected chi connectivity index (χ2v) is 3.70. The predicted octanol–water partition coefficient (Wildman–Crippen LogP) is 1.09. The molecule has 74 valence electrons. The van der Waals surface area contributed by atoms with Crippen LogP contribution in [0.1, 0.15) is 5.56 Å². The van der Waals surface area contributed by atoms with Crippen molar-refractivity contribution < 1.29 is 4.79 Å². The maximum atomic E-state index is 10.9. The zero-order valence-electron chi connectivity index (χ0n) is 8.47. The molecule has 3 heteroatoms. The van der Waals surface area contributed by atoms with E-state index in [1.54, 1.807) is 0 Å². The van der Waals surface area contributed by atoms with Crippen molar-refractivity contribution in [2.75, 3.05) is 19.0 Å². The van der Waals surface area contributed by atoms with Gasteiger partial charge in [0, 0.05) is 19.3 Å². The maximum Gasteiger partial charge on any atom is 0.157 e. The largest absolute Gasteiger partial charge is 0.352 e. The van der Waals surface area contributed by atoms with Gasteiger partial charge < -0.3 is 4.90 Å². The Bertz CT molecular complexity index is 351. The number of hydrogen-bond donors (Lipinski definition) is 0. The molecule has 0 aromatic heterocycles. The summed E-state index contributed by atoms with van der Waals surface area (Å²) in [5.41, 5.74) is 2.43. The molecule has 0 fully saturated rings. The first-order chi connectivity index (χ1) is 6.74. The van der Waals surface area contributed by atoms with E-state index in [-0.39, 0.29) is 6.17 Å². The van der Waals surface area contributed by atoms with Crippen molar-refractivity contribution in [2.45, 2.75) is 12.7 Å². The van der Waals surface area contributed by atoms with E-state index in [0.29, 0.717) is 0 Å². The normalized spacial score (nSPS) is 21.9. The van der Waals surface area contributed by atoms with Crippen LogP contribution in [0.25, 0.3) is 0 Å². The molecular formula is C11H14N2O. The van der Waals surface area contributed by atoms with Gasteiger partial charge in [0.2, 0.25) is 0 Å². The van der Waals surface area contributed by atoms with Crippen LogP contribution in [0.15, 0.2) is 24.3 Å². The molecule has 1 aromatic rings. The van der Waals surface area contributed by atoms with E-state index >= 15 is 0 Å². The third kappa shape index (κ3) is 1.30. The monoisotopic (exact) mass is 190 g/mol. The molecule has 0 saturated heterocycles. The van der Waals surface area contributed by atoms with E-state index in [9.17, 15) is 4.79 Å². The van der Waals surface area contributed by atoms with Gasteiger partial charge in [-0.25, -0.2) is 0 Å². The molecule has 0 amide bonds. The van der Waals surface area contributed by atoms with Crippen molar-refractivity contribution in [1.82, 2.24) is 4.90 Å². The molecule has 0 aliphatic carbocycles. The average Bonchev–Trinajstić information content (AvgIpc) is 2.18. The minimum atomic E-state index is -0.134. The SMILES string of the molecule is CN1Cc2ccccc2N(C)C1C=O. The molecule has 3 nitrogen and oxygen atoms in total. The minimum Gasteiger partial charge on any atom is -0.352 e. The van der Waals surface area contributed by atoms with E-state index in [1.165, 1.54) is 5.56 Å². The van der Waals surface area contributed by atoms with Crippen molar-refractivity contribution in [1.29, 1.82) is 0 Å². The summed E-state index contributed by atoms with van der Waals surface area (Å²) in [6.45, 7) is 0.837. The molecule has 0 N–H and O–H groups in total. The molecule has 1 atom stereocenters. The van der Waals surface area contributed by atoms with E-state index in [1.807, 2.05) is 36.0 Å². The minimum absolute atomic E-state index is 0.134. The Morgan fingerprint density at radius 3 is 2.79 bits per heavy atom. The molecule has 0 spiro atoms. The Labute approximate surface area is 83.9 Å². The number of carbonyl (C=O) groups is 1. The molecule has 1 heterocycles. The van der Waals surface area contributed by atoms with Gasteiger partial charge in [0.05, 0.1) is 0 Å². The van der Waals surface area contributed by atoms with Crippen LogP contribution in [0.5, 0.6) is 0 Å². The molecule has 1 unspecified atom stereocenters. The number of nitrogens with zero attached hydrogens (tertiary/aromatic N) is 2. The lowest BCUT2D eigenvalue weighted by molar-refractivity contribution is -0.112. The van der Waals surface area contributed by atoms with Gasteiger partial charge in [0.15, 0.2) is 6.29 Å². The molecule has 2 rings (SSSR count). The lowest BCUT2D eigenvalue weighted by Crippen LogP contribution is -2.49. The number of para-hydroxylation sites is 1. The number of fused-ring (bicyclic) bond motifs is 1. The van der Waals surface area contributed by atoms with Crippen LogP contribution in [-0.4, -0.2) is 31.4 Å². The van der Waals surface area contributed by atoms with Crippen LogP contribution in [0.3, 0.4) is 0 Å².